The summed E-state index contributed by atoms with van der Waals surface area (Å²) in [5, 5.41) is 0. The van der Waals surface area contributed by atoms with Crippen LogP contribution >= 0.6 is 0 Å². The van der Waals surface area contributed by atoms with Crippen LogP contribution in [0.2, 0.25) is 0 Å². The summed E-state index contributed by atoms with van der Waals surface area (Å²) in [5.41, 5.74) is 6.56. The lowest BCUT2D eigenvalue weighted by atomic mass is 10.1. The zero-order chi connectivity index (χ0) is 9.59. The number of fused-ring (bicyclic) bond motifs is 1. The van der Waals surface area contributed by atoms with E-state index in [2.05, 4.69) is 18.8 Å². The molecule has 0 unspecified atom stereocenters. The molecule has 0 saturated heterocycles. The van der Waals surface area contributed by atoms with Crippen LogP contribution in [-0.2, 0) is 0 Å². The van der Waals surface area contributed by atoms with E-state index >= 15 is 0 Å². The van der Waals surface area contributed by atoms with Gasteiger partial charge in [-0.15, -0.1) is 0 Å². The Morgan fingerprint density at radius 3 is 2.46 bits per heavy atom. The third-order valence-corrected chi connectivity index (χ3v) is 2.67. The van der Waals surface area contributed by atoms with E-state index in [-0.39, 0.29) is 0 Å². The normalized spacial score (nSPS) is 11.1. The fourth-order valence-electron chi connectivity index (χ4n) is 1.54. The van der Waals surface area contributed by atoms with Gasteiger partial charge in [0, 0.05) is 11.3 Å². The minimum atomic E-state index is 0.931. The first-order valence-electron chi connectivity index (χ1n) is 4.43. The molecular formula is C11H13NO. The molecule has 0 aliphatic rings. The monoisotopic (exact) mass is 175 g/mol. The molecule has 68 valence electrons. The zero-order valence-corrected chi connectivity index (χ0v) is 8.43. The highest BCUT2D eigenvalue weighted by Gasteiger charge is 2.10. The van der Waals surface area contributed by atoms with Gasteiger partial charge >= 0.3 is 0 Å². The molecular weight excluding hydrogens is 162 g/mol. The van der Waals surface area contributed by atoms with Crippen LogP contribution in [0.3, 0.4) is 0 Å². The highest BCUT2D eigenvalue weighted by molar-refractivity contribution is 5.80. The first-order chi connectivity index (χ1) is 6.11. The molecule has 0 aromatic carbocycles. The Morgan fingerprint density at radius 2 is 1.77 bits per heavy atom. The molecule has 0 fully saturated rings. The lowest BCUT2D eigenvalue weighted by Crippen LogP contribution is -1.91. The molecule has 0 amide bonds. The summed E-state index contributed by atoms with van der Waals surface area (Å²) in [6, 6.07) is 0. The van der Waals surface area contributed by atoms with Gasteiger partial charge in [0.1, 0.15) is 5.52 Å². The Kier molecular flexibility index (Phi) is 1.65. The van der Waals surface area contributed by atoms with Gasteiger partial charge in [-0.05, 0) is 38.8 Å². The second-order valence-electron chi connectivity index (χ2n) is 3.54. The predicted molar refractivity (Wildman–Crippen MR) is 53.0 cm³/mol. The molecule has 2 aromatic rings. The molecule has 2 heterocycles. The topological polar surface area (TPSA) is 26.0 Å². The maximum absolute atomic E-state index is 5.45. The summed E-state index contributed by atoms with van der Waals surface area (Å²) in [6.07, 6.45) is 1.77. The Labute approximate surface area is 77.6 Å². The molecule has 2 rings (SSSR count). The molecule has 2 aromatic heterocycles. The first-order valence-corrected chi connectivity index (χ1v) is 4.43. The second-order valence-corrected chi connectivity index (χ2v) is 3.54. The van der Waals surface area contributed by atoms with Crippen molar-refractivity contribution in [2.45, 2.75) is 27.7 Å². The van der Waals surface area contributed by atoms with Crippen molar-refractivity contribution in [1.29, 1.82) is 0 Å². The van der Waals surface area contributed by atoms with Crippen molar-refractivity contribution in [3.63, 3.8) is 0 Å². The number of pyridine rings is 1. The lowest BCUT2D eigenvalue weighted by molar-refractivity contribution is 0.609. The van der Waals surface area contributed by atoms with Gasteiger partial charge in [0.05, 0.1) is 6.26 Å². The smallest absolute Gasteiger partial charge is 0.155 e. The summed E-state index contributed by atoms with van der Waals surface area (Å²) in [5.74, 6) is 0. The van der Waals surface area contributed by atoms with E-state index in [9.17, 15) is 0 Å². The van der Waals surface area contributed by atoms with Gasteiger partial charge in [0.2, 0.25) is 0 Å². The fourth-order valence-corrected chi connectivity index (χ4v) is 1.54. The number of aromatic nitrogens is 1. The zero-order valence-electron chi connectivity index (χ0n) is 8.43. The van der Waals surface area contributed by atoms with Gasteiger partial charge < -0.3 is 4.42 Å². The molecule has 0 saturated carbocycles. The lowest BCUT2D eigenvalue weighted by Gasteiger charge is -2.03. The highest BCUT2D eigenvalue weighted by Crippen LogP contribution is 2.25. The van der Waals surface area contributed by atoms with Crippen LogP contribution in [0.15, 0.2) is 10.7 Å². The van der Waals surface area contributed by atoms with Crippen LogP contribution < -0.4 is 0 Å². The predicted octanol–water partition coefficient (Wildman–Crippen LogP) is 3.06. The summed E-state index contributed by atoms with van der Waals surface area (Å²) in [4.78, 5) is 4.50. The fraction of sp³-hybridized carbons (Fsp3) is 0.364. The molecule has 0 N–H and O–H groups in total. The van der Waals surface area contributed by atoms with Crippen molar-refractivity contribution in [3.05, 3.63) is 28.6 Å². The summed E-state index contributed by atoms with van der Waals surface area (Å²) in [7, 11) is 0. The van der Waals surface area contributed by atoms with Gasteiger partial charge in [-0.25, -0.2) is 4.98 Å². The summed E-state index contributed by atoms with van der Waals surface area (Å²) in [6.45, 7) is 8.21. The average Bonchev–Trinajstić information content (AvgIpc) is 2.45. The van der Waals surface area contributed by atoms with Crippen molar-refractivity contribution >= 4 is 11.1 Å². The average molecular weight is 175 g/mol. The minimum Gasteiger partial charge on any atom is -0.462 e. The van der Waals surface area contributed by atoms with Crippen LogP contribution in [0.5, 0.6) is 0 Å². The van der Waals surface area contributed by atoms with Crippen LogP contribution in [0.1, 0.15) is 22.4 Å². The number of aryl methyl sites for hydroxylation is 3. The SMILES string of the molecule is Cc1nc2c(C)coc2c(C)c1C. The molecule has 2 heteroatoms. The summed E-state index contributed by atoms with van der Waals surface area (Å²) < 4.78 is 5.45. The van der Waals surface area contributed by atoms with E-state index in [1.165, 1.54) is 11.1 Å². The Balaban J connectivity index is 2.96. The highest BCUT2D eigenvalue weighted by atomic mass is 16.3. The van der Waals surface area contributed by atoms with Crippen molar-refractivity contribution < 1.29 is 4.42 Å². The largest absolute Gasteiger partial charge is 0.462 e. The third kappa shape index (κ3) is 1.05. The number of hydrogen-bond donors (Lipinski definition) is 0. The Bertz CT molecular complexity index is 468. The number of hydrogen-bond acceptors (Lipinski definition) is 2. The van der Waals surface area contributed by atoms with Gasteiger partial charge in [0.15, 0.2) is 5.58 Å². The standard InChI is InChI=1S/C11H13NO/c1-6-5-13-11-8(3)7(2)9(4)12-10(6)11/h5H,1-4H3. The molecule has 0 bridgehead atoms. The van der Waals surface area contributed by atoms with Crippen LogP contribution in [-0.4, -0.2) is 4.98 Å². The number of furan rings is 1. The molecule has 0 aliphatic carbocycles. The quantitative estimate of drug-likeness (QED) is 0.615. The molecule has 13 heavy (non-hydrogen) atoms. The molecule has 2 nitrogen and oxygen atoms in total. The molecule has 0 atom stereocenters. The van der Waals surface area contributed by atoms with E-state index in [4.69, 9.17) is 4.42 Å². The van der Waals surface area contributed by atoms with Crippen molar-refractivity contribution in [2.24, 2.45) is 0 Å². The maximum Gasteiger partial charge on any atom is 0.155 e. The summed E-state index contributed by atoms with van der Waals surface area (Å²) >= 11 is 0. The molecule has 0 radical (unpaired) electrons. The van der Waals surface area contributed by atoms with E-state index in [0.717, 1.165) is 22.4 Å². The Morgan fingerprint density at radius 1 is 1.08 bits per heavy atom. The minimum absolute atomic E-state index is 0.931. The number of nitrogens with zero attached hydrogens (tertiary/aromatic N) is 1. The van der Waals surface area contributed by atoms with Gasteiger partial charge in [-0.3, -0.25) is 0 Å². The first kappa shape index (κ1) is 8.30. The van der Waals surface area contributed by atoms with Crippen molar-refractivity contribution in [2.75, 3.05) is 0 Å². The third-order valence-electron chi connectivity index (χ3n) is 2.67. The number of rotatable bonds is 0. The van der Waals surface area contributed by atoms with Crippen molar-refractivity contribution in [3.8, 4) is 0 Å². The van der Waals surface area contributed by atoms with Crippen LogP contribution in [0.25, 0.3) is 11.1 Å². The molecule has 0 aliphatic heterocycles. The maximum atomic E-state index is 5.45. The van der Waals surface area contributed by atoms with Gasteiger partial charge in [0.25, 0.3) is 0 Å². The molecule has 0 spiro atoms. The Hall–Kier alpha value is -1.31. The van der Waals surface area contributed by atoms with Crippen molar-refractivity contribution in [1.82, 2.24) is 4.98 Å². The van der Waals surface area contributed by atoms with Crippen LogP contribution in [0, 0.1) is 27.7 Å². The van der Waals surface area contributed by atoms with E-state index in [1.54, 1.807) is 6.26 Å². The van der Waals surface area contributed by atoms with Gasteiger partial charge in [-0.2, -0.15) is 0 Å². The van der Waals surface area contributed by atoms with Gasteiger partial charge in [-0.1, -0.05) is 0 Å². The van der Waals surface area contributed by atoms with Crippen LogP contribution in [0.4, 0.5) is 0 Å². The van der Waals surface area contributed by atoms with E-state index in [0.29, 0.717) is 0 Å². The van der Waals surface area contributed by atoms with E-state index < -0.39 is 0 Å². The van der Waals surface area contributed by atoms with E-state index in [1.807, 2.05) is 13.8 Å². The second kappa shape index (κ2) is 2.59.